The lowest BCUT2D eigenvalue weighted by Crippen LogP contribution is -2.04. The van der Waals surface area contributed by atoms with Crippen LogP contribution in [-0.2, 0) is 7.05 Å². The first-order valence-corrected chi connectivity index (χ1v) is 5.60. The normalized spacial score (nSPS) is 23.4. The van der Waals surface area contributed by atoms with Crippen LogP contribution in [-0.4, -0.2) is 15.8 Å². The predicted molar refractivity (Wildman–Crippen MR) is 64.0 cm³/mol. The molecule has 2 atom stereocenters. The molecule has 82 valence electrons. The maximum atomic E-state index is 5.87. The fraction of sp³-hybridized carbons (Fsp3) is 0.308. The maximum absolute atomic E-state index is 5.87. The number of benzene rings is 1. The van der Waals surface area contributed by atoms with E-state index in [0.717, 1.165) is 12.1 Å². The smallest absolute Gasteiger partial charge is 0.0926 e. The molecule has 3 heteroatoms. The Balaban J connectivity index is 1.98. The summed E-state index contributed by atoms with van der Waals surface area (Å²) in [5, 5.41) is 4.54. The quantitative estimate of drug-likeness (QED) is 0.828. The number of rotatable bonds is 2. The lowest BCUT2D eigenvalue weighted by molar-refractivity contribution is 0.709. The van der Waals surface area contributed by atoms with E-state index in [9.17, 15) is 0 Å². The summed E-state index contributed by atoms with van der Waals surface area (Å²) < 4.78 is 1.96. The Kier molecular flexibility index (Phi) is 2.07. The van der Waals surface area contributed by atoms with E-state index < -0.39 is 0 Å². The molecule has 1 aromatic carbocycles. The second-order valence-corrected chi connectivity index (χ2v) is 4.45. The number of aryl methyl sites for hydroxylation is 1. The number of nitrogens with two attached hydrogens (primary N) is 1. The van der Waals surface area contributed by atoms with Gasteiger partial charge in [-0.05, 0) is 12.5 Å². The van der Waals surface area contributed by atoms with Gasteiger partial charge in [-0.25, -0.2) is 0 Å². The zero-order chi connectivity index (χ0) is 11.1. The molecule has 1 aromatic heterocycles. The molecule has 16 heavy (non-hydrogen) atoms. The van der Waals surface area contributed by atoms with Gasteiger partial charge >= 0.3 is 0 Å². The van der Waals surface area contributed by atoms with Crippen LogP contribution in [0.2, 0.25) is 0 Å². The Bertz CT molecular complexity index is 501. The van der Waals surface area contributed by atoms with Crippen molar-refractivity contribution in [3.8, 4) is 11.3 Å². The lowest BCUT2D eigenvalue weighted by atomic mass is 10.1. The average Bonchev–Trinajstić information content (AvgIpc) is 2.89. The van der Waals surface area contributed by atoms with Gasteiger partial charge in [-0.1, -0.05) is 30.3 Å². The molecule has 0 bridgehead atoms. The molecule has 1 aliphatic rings. The van der Waals surface area contributed by atoms with Gasteiger partial charge in [-0.3, -0.25) is 4.68 Å². The summed E-state index contributed by atoms with van der Waals surface area (Å²) in [5.41, 5.74) is 9.33. The Hall–Kier alpha value is -1.61. The summed E-state index contributed by atoms with van der Waals surface area (Å²) in [6.07, 6.45) is 1.09. The largest absolute Gasteiger partial charge is 0.327 e. The van der Waals surface area contributed by atoms with E-state index in [1.807, 2.05) is 29.9 Å². The minimum atomic E-state index is 0.332. The first-order valence-electron chi connectivity index (χ1n) is 5.60. The lowest BCUT2D eigenvalue weighted by Gasteiger charge is -1.96. The van der Waals surface area contributed by atoms with E-state index in [0.29, 0.717) is 12.0 Å². The van der Waals surface area contributed by atoms with E-state index in [4.69, 9.17) is 5.73 Å². The standard InChI is InChI=1S/C13H15N3/c1-16-13(10-7-11(10)14)8-12(15-16)9-5-3-2-4-6-9/h2-6,8,10-11H,7,14H2,1H3/t10-,11-/m1/s1. The van der Waals surface area contributed by atoms with Crippen molar-refractivity contribution in [2.45, 2.75) is 18.4 Å². The van der Waals surface area contributed by atoms with Crippen LogP contribution in [0.25, 0.3) is 11.3 Å². The van der Waals surface area contributed by atoms with Crippen molar-refractivity contribution < 1.29 is 0 Å². The van der Waals surface area contributed by atoms with E-state index in [1.54, 1.807) is 0 Å². The van der Waals surface area contributed by atoms with Crippen LogP contribution in [0.3, 0.4) is 0 Å². The highest BCUT2D eigenvalue weighted by atomic mass is 15.3. The molecule has 0 saturated heterocycles. The van der Waals surface area contributed by atoms with Crippen molar-refractivity contribution in [3.63, 3.8) is 0 Å². The van der Waals surface area contributed by atoms with Gasteiger partial charge < -0.3 is 5.73 Å². The number of hydrogen-bond donors (Lipinski definition) is 1. The van der Waals surface area contributed by atoms with Crippen molar-refractivity contribution in [2.24, 2.45) is 12.8 Å². The van der Waals surface area contributed by atoms with Crippen molar-refractivity contribution in [3.05, 3.63) is 42.1 Å². The molecular formula is C13H15N3. The van der Waals surface area contributed by atoms with Crippen LogP contribution in [0.5, 0.6) is 0 Å². The van der Waals surface area contributed by atoms with Crippen LogP contribution in [0.1, 0.15) is 18.0 Å². The third kappa shape index (κ3) is 1.53. The molecule has 0 unspecified atom stereocenters. The van der Waals surface area contributed by atoms with Crippen molar-refractivity contribution in [1.29, 1.82) is 0 Å². The molecule has 0 aliphatic heterocycles. The highest BCUT2D eigenvalue weighted by Gasteiger charge is 2.37. The minimum absolute atomic E-state index is 0.332. The zero-order valence-corrected chi connectivity index (χ0v) is 9.30. The van der Waals surface area contributed by atoms with Crippen LogP contribution < -0.4 is 5.73 Å². The van der Waals surface area contributed by atoms with Gasteiger partial charge in [0.05, 0.1) is 5.69 Å². The third-order valence-corrected chi connectivity index (χ3v) is 3.21. The molecular weight excluding hydrogens is 198 g/mol. The highest BCUT2D eigenvalue weighted by Crippen LogP contribution is 2.39. The summed E-state index contributed by atoms with van der Waals surface area (Å²) in [6, 6.07) is 12.7. The predicted octanol–water partition coefficient (Wildman–Crippen LogP) is 1.90. The van der Waals surface area contributed by atoms with Gasteiger partial charge in [0.15, 0.2) is 0 Å². The second kappa shape index (κ2) is 3.46. The van der Waals surface area contributed by atoms with Gasteiger partial charge in [0.2, 0.25) is 0 Å². The summed E-state index contributed by atoms with van der Waals surface area (Å²) in [6.45, 7) is 0. The third-order valence-electron chi connectivity index (χ3n) is 3.21. The first kappa shape index (κ1) is 9.60. The molecule has 1 heterocycles. The summed E-state index contributed by atoms with van der Waals surface area (Å²) in [4.78, 5) is 0. The molecule has 0 amide bonds. The van der Waals surface area contributed by atoms with Crippen LogP contribution in [0, 0.1) is 0 Å². The summed E-state index contributed by atoms with van der Waals surface area (Å²) in [5.74, 6) is 0.509. The van der Waals surface area contributed by atoms with E-state index in [-0.39, 0.29) is 0 Å². The maximum Gasteiger partial charge on any atom is 0.0926 e. The van der Waals surface area contributed by atoms with Crippen molar-refractivity contribution >= 4 is 0 Å². The highest BCUT2D eigenvalue weighted by molar-refractivity contribution is 5.59. The molecule has 3 nitrogen and oxygen atoms in total. The van der Waals surface area contributed by atoms with E-state index in [1.165, 1.54) is 11.3 Å². The van der Waals surface area contributed by atoms with Crippen LogP contribution in [0.4, 0.5) is 0 Å². The second-order valence-electron chi connectivity index (χ2n) is 4.45. The van der Waals surface area contributed by atoms with E-state index >= 15 is 0 Å². The summed E-state index contributed by atoms with van der Waals surface area (Å²) >= 11 is 0. The van der Waals surface area contributed by atoms with Crippen LogP contribution >= 0.6 is 0 Å². The topological polar surface area (TPSA) is 43.8 Å². The Labute approximate surface area is 94.9 Å². The van der Waals surface area contributed by atoms with Gasteiger partial charge in [0.25, 0.3) is 0 Å². The zero-order valence-electron chi connectivity index (χ0n) is 9.30. The number of hydrogen-bond acceptors (Lipinski definition) is 2. The van der Waals surface area contributed by atoms with Crippen molar-refractivity contribution in [1.82, 2.24) is 9.78 Å². The SMILES string of the molecule is Cn1nc(-c2ccccc2)cc1[C@@H]1C[C@H]1N. The fourth-order valence-electron chi connectivity index (χ4n) is 2.13. The van der Waals surface area contributed by atoms with Crippen LogP contribution in [0.15, 0.2) is 36.4 Å². The fourth-order valence-corrected chi connectivity index (χ4v) is 2.13. The molecule has 3 rings (SSSR count). The van der Waals surface area contributed by atoms with Gasteiger partial charge in [0.1, 0.15) is 0 Å². The molecule has 0 radical (unpaired) electrons. The molecule has 1 aliphatic carbocycles. The van der Waals surface area contributed by atoms with Gasteiger partial charge in [-0.2, -0.15) is 5.10 Å². The Morgan fingerprint density at radius 2 is 2.00 bits per heavy atom. The Morgan fingerprint density at radius 1 is 1.31 bits per heavy atom. The molecule has 0 spiro atoms. The molecule has 2 N–H and O–H groups in total. The molecule has 2 aromatic rings. The van der Waals surface area contributed by atoms with E-state index in [2.05, 4.69) is 23.3 Å². The molecule has 1 saturated carbocycles. The monoisotopic (exact) mass is 213 g/mol. The first-order chi connectivity index (χ1) is 7.75. The number of aromatic nitrogens is 2. The number of nitrogens with zero attached hydrogens (tertiary/aromatic N) is 2. The van der Waals surface area contributed by atoms with Gasteiger partial charge in [0, 0.05) is 30.3 Å². The van der Waals surface area contributed by atoms with Crippen molar-refractivity contribution in [2.75, 3.05) is 0 Å². The molecule has 1 fully saturated rings. The average molecular weight is 213 g/mol. The minimum Gasteiger partial charge on any atom is -0.327 e. The Morgan fingerprint density at radius 3 is 2.62 bits per heavy atom. The van der Waals surface area contributed by atoms with Gasteiger partial charge in [-0.15, -0.1) is 0 Å². The summed E-state index contributed by atoms with van der Waals surface area (Å²) in [7, 11) is 1.99.